The fraction of sp³-hybridized carbons (Fsp3) is 0.143. The lowest BCUT2D eigenvalue weighted by atomic mass is 10.2. The summed E-state index contributed by atoms with van der Waals surface area (Å²) in [5, 5.41) is 7.56. The van der Waals surface area contributed by atoms with E-state index in [1.807, 2.05) is 0 Å². The molecule has 1 heterocycles. The number of hydrogen-bond acceptors (Lipinski definition) is 4. The molecule has 2 rings (SSSR count). The van der Waals surface area contributed by atoms with Gasteiger partial charge in [-0.2, -0.15) is 0 Å². The lowest BCUT2D eigenvalue weighted by molar-refractivity contribution is 0.0964. The number of amides is 2. The highest BCUT2D eigenvalue weighted by Crippen LogP contribution is 2.24. The Labute approximate surface area is 120 Å². The molecule has 1 aromatic carbocycles. The highest BCUT2D eigenvalue weighted by atomic mass is 32.1. The standard InChI is InChI=1S/C14H14N2O3S/c1-15-13(18)11-7-8-20-14(11)16-12(17)9-3-5-10(19-2)6-4-9/h3-8H,1-2H3,(H,15,18)(H,16,17). The minimum absolute atomic E-state index is 0.226. The highest BCUT2D eigenvalue weighted by molar-refractivity contribution is 7.14. The van der Waals surface area contributed by atoms with Gasteiger partial charge in [-0.3, -0.25) is 9.59 Å². The van der Waals surface area contributed by atoms with E-state index in [-0.39, 0.29) is 11.8 Å². The van der Waals surface area contributed by atoms with Gasteiger partial charge in [0.05, 0.1) is 12.7 Å². The van der Waals surface area contributed by atoms with E-state index in [1.54, 1.807) is 49.9 Å². The molecular formula is C14H14N2O3S. The van der Waals surface area contributed by atoms with Gasteiger partial charge in [-0.1, -0.05) is 0 Å². The molecular weight excluding hydrogens is 276 g/mol. The summed E-state index contributed by atoms with van der Waals surface area (Å²) in [6.07, 6.45) is 0. The van der Waals surface area contributed by atoms with Crippen LogP contribution in [0.1, 0.15) is 20.7 Å². The molecule has 104 valence electrons. The monoisotopic (exact) mass is 290 g/mol. The first kappa shape index (κ1) is 14.1. The molecule has 0 saturated carbocycles. The summed E-state index contributed by atoms with van der Waals surface area (Å²) in [5.41, 5.74) is 0.960. The molecule has 2 aromatic rings. The number of carbonyl (C=O) groups is 2. The van der Waals surface area contributed by atoms with Crippen molar-refractivity contribution >= 4 is 28.2 Å². The molecule has 0 atom stereocenters. The summed E-state index contributed by atoms with van der Waals surface area (Å²) in [7, 11) is 3.12. The molecule has 0 unspecified atom stereocenters. The summed E-state index contributed by atoms with van der Waals surface area (Å²) < 4.78 is 5.04. The van der Waals surface area contributed by atoms with E-state index in [1.165, 1.54) is 11.3 Å². The van der Waals surface area contributed by atoms with Crippen molar-refractivity contribution < 1.29 is 14.3 Å². The third-order valence-corrected chi connectivity index (χ3v) is 3.55. The van der Waals surface area contributed by atoms with Crippen molar-refractivity contribution in [2.45, 2.75) is 0 Å². The summed E-state index contributed by atoms with van der Waals surface area (Å²) in [6.45, 7) is 0. The van der Waals surface area contributed by atoms with Crippen molar-refractivity contribution in [2.75, 3.05) is 19.5 Å². The van der Waals surface area contributed by atoms with Crippen LogP contribution in [0.15, 0.2) is 35.7 Å². The Morgan fingerprint density at radius 3 is 2.40 bits per heavy atom. The van der Waals surface area contributed by atoms with Gasteiger partial charge in [-0.25, -0.2) is 0 Å². The second-order valence-electron chi connectivity index (χ2n) is 3.93. The number of hydrogen-bond donors (Lipinski definition) is 2. The van der Waals surface area contributed by atoms with Crippen molar-refractivity contribution in [3.05, 3.63) is 46.8 Å². The number of carbonyl (C=O) groups excluding carboxylic acids is 2. The largest absolute Gasteiger partial charge is 0.497 e. The maximum absolute atomic E-state index is 12.1. The average Bonchev–Trinajstić information content (AvgIpc) is 2.94. The predicted octanol–water partition coefficient (Wildman–Crippen LogP) is 2.37. The number of nitrogens with one attached hydrogen (secondary N) is 2. The summed E-state index contributed by atoms with van der Waals surface area (Å²) in [4.78, 5) is 23.7. The Morgan fingerprint density at radius 1 is 1.10 bits per heavy atom. The number of thiophene rings is 1. The number of anilines is 1. The van der Waals surface area contributed by atoms with Crippen molar-refractivity contribution in [1.82, 2.24) is 5.32 Å². The van der Waals surface area contributed by atoms with Gasteiger partial charge in [0.25, 0.3) is 11.8 Å². The molecule has 0 spiro atoms. The van der Waals surface area contributed by atoms with Gasteiger partial charge < -0.3 is 15.4 Å². The van der Waals surface area contributed by atoms with Gasteiger partial charge >= 0.3 is 0 Å². The average molecular weight is 290 g/mol. The van der Waals surface area contributed by atoms with Crippen LogP contribution in [0.5, 0.6) is 5.75 Å². The molecule has 1 aromatic heterocycles. The van der Waals surface area contributed by atoms with Gasteiger partial charge in [-0.15, -0.1) is 11.3 Å². The Morgan fingerprint density at radius 2 is 1.80 bits per heavy atom. The molecule has 20 heavy (non-hydrogen) atoms. The molecule has 0 aliphatic carbocycles. The molecule has 2 N–H and O–H groups in total. The zero-order chi connectivity index (χ0) is 14.5. The van der Waals surface area contributed by atoms with Crippen LogP contribution in [0.3, 0.4) is 0 Å². The van der Waals surface area contributed by atoms with Crippen molar-refractivity contribution in [1.29, 1.82) is 0 Å². The topological polar surface area (TPSA) is 67.4 Å². The van der Waals surface area contributed by atoms with Crippen molar-refractivity contribution in [3.63, 3.8) is 0 Å². The van der Waals surface area contributed by atoms with E-state index in [2.05, 4.69) is 10.6 Å². The molecule has 5 nitrogen and oxygen atoms in total. The third-order valence-electron chi connectivity index (χ3n) is 2.72. The molecule has 0 aliphatic rings. The van der Waals surface area contributed by atoms with E-state index >= 15 is 0 Å². The number of methoxy groups -OCH3 is 1. The predicted molar refractivity (Wildman–Crippen MR) is 78.7 cm³/mol. The van der Waals surface area contributed by atoms with E-state index < -0.39 is 0 Å². The van der Waals surface area contributed by atoms with E-state index in [9.17, 15) is 9.59 Å². The molecule has 2 amide bonds. The lowest BCUT2D eigenvalue weighted by Crippen LogP contribution is -2.20. The minimum atomic E-state index is -0.264. The molecule has 6 heteroatoms. The first-order valence-electron chi connectivity index (χ1n) is 5.90. The Bertz CT molecular complexity index is 620. The Kier molecular flexibility index (Phi) is 4.37. The first-order chi connectivity index (χ1) is 9.65. The minimum Gasteiger partial charge on any atom is -0.497 e. The fourth-order valence-corrected chi connectivity index (χ4v) is 2.42. The van der Waals surface area contributed by atoms with Crippen LogP contribution >= 0.6 is 11.3 Å². The van der Waals surface area contributed by atoms with Crippen molar-refractivity contribution in [3.8, 4) is 5.75 Å². The second kappa shape index (κ2) is 6.21. The summed E-state index contributed by atoms with van der Waals surface area (Å²) in [6, 6.07) is 8.43. The molecule has 0 fully saturated rings. The number of ether oxygens (including phenoxy) is 1. The van der Waals surface area contributed by atoms with Crippen LogP contribution in [0.2, 0.25) is 0 Å². The van der Waals surface area contributed by atoms with Crippen LogP contribution in [0, 0.1) is 0 Å². The Balaban J connectivity index is 2.15. The highest BCUT2D eigenvalue weighted by Gasteiger charge is 2.14. The summed E-state index contributed by atoms with van der Waals surface area (Å²) >= 11 is 1.31. The number of benzene rings is 1. The smallest absolute Gasteiger partial charge is 0.256 e. The quantitative estimate of drug-likeness (QED) is 0.908. The van der Waals surface area contributed by atoms with E-state index in [0.29, 0.717) is 21.9 Å². The van der Waals surface area contributed by atoms with Crippen LogP contribution < -0.4 is 15.4 Å². The zero-order valence-corrected chi connectivity index (χ0v) is 11.9. The van der Waals surface area contributed by atoms with Gasteiger partial charge in [-0.05, 0) is 35.7 Å². The lowest BCUT2D eigenvalue weighted by Gasteiger charge is -2.06. The second-order valence-corrected chi connectivity index (χ2v) is 4.84. The van der Waals surface area contributed by atoms with Crippen molar-refractivity contribution in [2.24, 2.45) is 0 Å². The zero-order valence-electron chi connectivity index (χ0n) is 11.1. The number of rotatable bonds is 4. The van der Waals surface area contributed by atoms with E-state index in [0.717, 1.165) is 0 Å². The van der Waals surface area contributed by atoms with E-state index in [4.69, 9.17) is 4.74 Å². The molecule has 0 bridgehead atoms. The van der Waals surface area contributed by atoms with Gasteiger partial charge in [0.15, 0.2) is 0 Å². The molecule has 0 saturated heterocycles. The SMILES string of the molecule is CNC(=O)c1ccsc1NC(=O)c1ccc(OC)cc1. The van der Waals surface area contributed by atoms with Crippen LogP contribution in [-0.4, -0.2) is 26.0 Å². The van der Waals surface area contributed by atoms with Gasteiger partial charge in [0.1, 0.15) is 10.8 Å². The molecule has 0 radical (unpaired) electrons. The fourth-order valence-electron chi connectivity index (χ4n) is 1.64. The summed E-state index contributed by atoms with van der Waals surface area (Å²) in [5.74, 6) is 0.195. The van der Waals surface area contributed by atoms with Gasteiger partial charge in [0, 0.05) is 12.6 Å². The van der Waals surface area contributed by atoms with Crippen LogP contribution in [0.4, 0.5) is 5.00 Å². The van der Waals surface area contributed by atoms with Gasteiger partial charge in [0.2, 0.25) is 0 Å². The first-order valence-corrected chi connectivity index (χ1v) is 6.78. The molecule has 0 aliphatic heterocycles. The maximum atomic E-state index is 12.1. The van der Waals surface area contributed by atoms with Crippen LogP contribution in [-0.2, 0) is 0 Å². The van der Waals surface area contributed by atoms with Crippen LogP contribution in [0.25, 0.3) is 0 Å². The normalized spacial score (nSPS) is 9.90. The third kappa shape index (κ3) is 2.97. The Hall–Kier alpha value is -2.34. The maximum Gasteiger partial charge on any atom is 0.256 e.